The standard InChI is InChI=1S/C17H29NO3/c1-7-18(12-17(4,5)19)11-14-8-9-15(21-13(2)3)16(10-14)20-6/h8-10,13,19H,7,11-12H2,1-6H3. The Morgan fingerprint density at radius 1 is 1.24 bits per heavy atom. The van der Waals surface area contributed by atoms with E-state index < -0.39 is 5.60 Å². The minimum Gasteiger partial charge on any atom is -0.493 e. The molecule has 0 saturated carbocycles. The Balaban J connectivity index is 2.83. The van der Waals surface area contributed by atoms with Crippen molar-refractivity contribution in [3.05, 3.63) is 23.8 Å². The fraction of sp³-hybridized carbons (Fsp3) is 0.647. The molecule has 1 aromatic carbocycles. The van der Waals surface area contributed by atoms with Crippen molar-refractivity contribution in [3.63, 3.8) is 0 Å². The monoisotopic (exact) mass is 295 g/mol. The summed E-state index contributed by atoms with van der Waals surface area (Å²) in [5, 5.41) is 9.95. The van der Waals surface area contributed by atoms with Gasteiger partial charge in [-0.05, 0) is 51.9 Å². The summed E-state index contributed by atoms with van der Waals surface area (Å²) in [5.74, 6) is 1.52. The van der Waals surface area contributed by atoms with Gasteiger partial charge in [-0.15, -0.1) is 0 Å². The van der Waals surface area contributed by atoms with E-state index in [-0.39, 0.29) is 6.10 Å². The maximum atomic E-state index is 9.95. The molecule has 4 nitrogen and oxygen atoms in total. The number of nitrogens with zero attached hydrogens (tertiary/aromatic N) is 1. The van der Waals surface area contributed by atoms with Gasteiger partial charge in [0.2, 0.25) is 0 Å². The van der Waals surface area contributed by atoms with Gasteiger partial charge in [0, 0.05) is 13.1 Å². The largest absolute Gasteiger partial charge is 0.493 e. The van der Waals surface area contributed by atoms with E-state index in [1.54, 1.807) is 7.11 Å². The summed E-state index contributed by atoms with van der Waals surface area (Å²) in [6, 6.07) is 6.00. The van der Waals surface area contributed by atoms with E-state index in [1.165, 1.54) is 0 Å². The number of benzene rings is 1. The Morgan fingerprint density at radius 2 is 1.90 bits per heavy atom. The first-order chi connectivity index (χ1) is 9.75. The fourth-order valence-corrected chi connectivity index (χ4v) is 2.25. The predicted molar refractivity (Wildman–Crippen MR) is 86.0 cm³/mol. The summed E-state index contributed by atoms with van der Waals surface area (Å²) in [7, 11) is 1.65. The molecule has 0 saturated heterocycles. The van der Waals surface area contributed by atoms with Crippen LogP contribution >= 0.6 is 0 Å². The molecule has 0 atom stereocenters. The molecule has 0 amide bonds. The third-order valence-corrected chi connectivity index (χ3v) is 3.05. The zero-order valence-electron chi connectivity index (χ0n) is 14.1. The van der Waals surface area contributed by atoms with Gasteiger partial charge in [0.15, 0.2) is 11.5 Å². The Kier molecular flexibility index (Phi) is 6.49. The molecule has 0 radical (unpaired) electrons. The van der Waals surface area contributed by atoms with Crippen molar-refractivity contribution in [2.24, 2.45) is 0 Å². The van der Waals surface area contributed by atoms with Gasteiger partial charge < -0.3 is 14.6 Å². The normalized spacial score (nSPS) is 12.0. The third kappa shape index (κ3) is 6.36. The van der Waals surface area contributed by atoms with Crippen molar-refractivity contribution in [1.29, 1.82) is 0 Å². The van der Waals surface area contributed by atoms with Crippen molar-refractivity contribution < 1.29 is 14.6 Å². The van der Waals surface area contributed by atoms with Crippen LogP contribution in [0, 0.1) is 0 Å². The zero-order chi connectivity index (χ0) is 16.0. The van der Waals surface area contributed by atoms with E-state index >= 15 is 0 Å². The van der Waals surface area contributed by atoms with Crippen molar-refractivity contribution in [1.82, 2.24) is 4.90 Å². The van der Waals surface area contributed by atoms with E-state index in [1.807, 2.05) is 45.9 Å². The molecule has 0 spiro atoms. The van der Waals surface area contributed by atoms with Crippen LogP contribution in [0.1, 0.15) is 40.2 Å². The first kappa shape index (κ1) is 17.8. The molecule has 0 aliphatic carbocycles. The third-order valence-electron chi connectivity index (χ3n) is 3.05. The maximum absolute atomic E-state index is 9.95. The van der Waals surface area contributed by atoms with Gasteiger partial charge in [0.25, 0.3) is 0 Å². The molecule has 1 aromatic rings. The Hall–Kier alpha value is -1.26. The lowest BCUT2D eigenvalue weighted by Crippen LogP contribution is -2.38. The SMILES string of the molecule is CCN(Cc1ccc(OC(C)C)c(OC)c1)CC(C)(C)O. The van der Waals surface area contributed by atoms with Crippen molar-refractivity contribution >= 4 is 0 Å². The summed E-state index contributed by atoms with van der Waals surface area (Å²) >= 11 is 0. The average molecular weight is 295 g/mol. The molecule has 21 heavy (non-hydrogen) atoms. The summed E-state index contributed by atoms with van der Waals surface area (Å²) in [6.45, 7) is 12.0. The lowest BCUT2D eigenvalue weighted by molar-refractivity contribution is 0.0353. The van der Waals surface area contributed by atoms with Crippen LogP contribution in [0.25, 0.3) is 0 Å². The summed E-state index contributed by atoms with van der Waals surface area (Å²) in [6.07, 6.45) is 0.118. The molecule has 0 heterocycles. The van der Waals surface area contributed by atoms with Gasteiger partial charge >= 0.3 is 0 Å². The van der Waals surface area contributed by atoms with Crippen molar-refractivity contribution in [2.45, 2.75) is 52.9 Å². The number of aliphatic hydroxyl groups is 1. The Morgan fingerprint density at radius 3 is 2.38 bits per heavy atom. The lowest BCUT2D eigenvalue weighted by atomic mass is 10.1. The van der Waals surface area contributed by atoms with E-state index in [0.29, 0.717) is 6.54 Å². The molecule has 0 aliphatic rings. The predicted octanol–water partition coefficient (Wildman–Crippen LogP) is 3.08. The summed E-state index contributed by atoms with van der Waals surface area (Å²) < 4.78 is 11.1. The average Bonchev–Trinajstić information content (AvgIpc) is 2.37. The number of methoxy groups -OCH3 is 1. The van der Waals surface area contributed by atoms with E-state index in [9.17, 15) is 5.11 Å². The molecule has 0 aromatic heterocycles. The highest BCUT2D eigenvalue weighted by Gasteiger charge is 2.18. The number of rotatable bonds is 8. The van der Waals surface area contributed by atoms with Crippen LogP contribution in [0.5, 0.6) is 11.5 Å². The smallest absolute Gasteiger partial charge is 0.161 e. The lowest BCUT2D eigenvalue weighted by Gasteiger charge is -2.28. The number of hydrogen-bond donors (Lipinski definition) is 1. The molecule has 1 rings (SSSR count). The quantitative estimate of drug-likeness (QED) is 0.800. The fourth-order valence-electron chi connectivity index (χ4n) is 2.25. The molecule has 4 heteroatoms. The highest BCUT2D eigenvalue weighted by atomic mass is 16.5. The molecular weight excluding hydrogens is 266 g/mol. The summed E-state index contributed by atoms with van der Waals surface area (Å²) in [5.41, 5.74) is 0.454. The molecule has 0 fully saturated rings. The van der Waals surface area contributed by atoms with E-state index in [0.717, 1.165) is 30.2 Å². The first-order valence-electron chi connectivity index (χ1n) is 7.53. The number of ether oxygens (including phenoxy) is 2. The molecule has 0 bridgehead atoms. The van der Waals surface area contributed by atoms with Crippen LogP contribution in [0.3, 0.4) is 0 Å². The minimum atomic E-state index is -0.694. The summed E-state index contributed by atoms with van der Waals surface area (Å²) in [4.78, 5) is 2.21. The first-order valence-corrected chi connectivity index (χ1v) is 7.53. The van der Waals surface area contributed by atoms with Crippen LogP contribution in [0.15, 0.2) is 18.2 Å². The van der Waals surface area contributed by atoms with Crippen molar-refractivity contribution in [3.8, 4) is 11.5 Å². The van der Waals surface area contributed by atoms with Crippen LogP contribution in [0.4, 0.5) is 0 Å². The maximum Gasteiger partial charge on any atom is 0.161 e. The van der Waals surface area contributed by atoms with E-state index in [2.05, 4.69) is 11.8 Å². The Labute approximate surface area is 128 Å². The minimum absolute atomic E-state index is 0.118. The topological polar surface area (TPSA) is 41.9 Å². The van der Waals surface area contributed by atoms with Crippen LogP contribution < -0.4 is 9.47 Å². The Bertz CT molecular complexity index is 438. The highest BCUT2D eigenvalue weighted by molar-refractivity contribution is 5.43. The molecule has 1 N–H and O–H groups in total. The van der Waals surface area contributed by atoms with Gasteiger partial charge in [0.05, 0.1) is 18.8 Å². The molecule has 120 valence electrons. The van der Waals surface area contributed by atoms with Crippen LogP contribution in [0.2, 0.25) is 0 Å². The van der Waals surface area contributed by atoms with Gasteiger partial charge in [-0.2, -0.15) is 0 Å². The van der Waals surface area contributed by atoms with Gasteiger partial charge in [-0.25, -0.2) is 0 Å². The number of hydrogen-bond acceptors (Lipinski definition) is 4. The second kappa shape index (κ2) is 7.66. The second-order valence-corrected chi connectivity index (χ2v) is 6.27. The van der Waals surface area contributed by atoms with Gasteiger partial charge in [-0.1, -0.05) is 13.0 Å². The highest BCUT2D eigenvalue weighted by Crippen LogP contribution is 2.29. The number of likely N-dealkylation sites (N-methyl/N-ethyl adjacent to an activating group) is 1. The van der Waals surface area contributed by atoms with Gasteiger partial charge in [0.1, 0.15) is 0 Å². The zero-order valence-corrected chi connectivity index (χ0v) is 14.1. The van der Waals surface area contributed by atoms with Crippen molar-refractivity contribution in [2.75, 3.05) is 20.2 Å². The van der Waals surface area contributed by atoms with E-state index in [4.69, 9.17) is 9.47 Å². The van der Waals surface area contributed by atoms with Crippen LogP contribution in [-0.4, -0.2) is 41.9 Å². The molecule has 0 aliphatic heterocycles. The molecular formula is C17H29NO3. The second-order valence-electron chi connectivity index (χ2n) is 6.27. The molecule has 0 unspecified atom stereocenters. The van der Waals surface area contributed by atoms with Crippen LogP contribution in [-0.2, 0) is 6.54 Å². The van der Waals surface area contributed by atoms with Gasteiger partial charge in [-0.3, -0.25) is 4.90 Å².